The van der Waals surface area contributed by atoms with E-state index in [1.807, 2.05) is 35.7 Å². The molecule has 4 aromatic heterocycles. The van der Waals surface area contributed by atoms with E-state index >= 15 is 0 Å². The zero-order chi connectivity index (χ0) is 25.1. The van der Waals surface area contributed by atoms with Crippen LogP contribution in [0.15, 0.2) is 84.4 Å². The number of hydrogen-bond donors (Lipinski definition) is 2. The first kappa shape index (κ1) is 21.5. The Bertz CT molecular complexity index is 1970. The number of ketones is 1. The minimum atomic E-state index is -1.06. The minimum absolute atomic E-state index is 0.201. The number of hydrogen-bond acceptors (Lipinski definition) is 4. The lowest BCUT2D eigenvalue weighted by Gasteiger charge is -2.06. The van der Waals surface area contributed by atoms with Crippen LogP contribution in [-0.4, -0.2) is 25.4 Å². The van der Waals surface area contributed by atoms with E-state index in [1.54, 1.807) is 40.2 Å². The summed E-state index contributed by atoms with van der Waals surface area (Å²) in [5.41, 5.74) is 4.49. The number of imidazole rings is 1. The SMILES string of the molecule is O=C(c1cc2c(-c3cccs3)cccc2[nH]1)c1c[nH]n2c1nc1cc(Oc3cccc(F)c3F)ccc12. The van der Waals surface area contributed by atoms with Gasteiger partial charge in [0.05, 0.1) is 22.3 Å². The number of halogens is 2. The van der Waals surface area contributed by atoms with Crippen LogP contribution in [0.25, 0.3) is 38.0 Å². The minimum Gasteiger partial charge on any atom is -0.454 e. The van der Waals surface area contributed by atoms with Gasteiger partial charge >= 0.3 is 0 Å². The van der Waals surface area contributed by atoms with Crippen molar-refractivity contribution in [3.8, 4) is 21.9 Å². The highest BCUT2D eigenvalue weighted by Crippen LogP contribution is 2.33. The molecule has 0 atom stereocenters. The van der Waals surface area contributed by atoms with Crippen molar-refractivity contribution < 1.29 is 18.3 Å². The number of aromatic nitrogens is 4. The summed E-state index contributed by atoms with van der Waals surface area (Å²) < 4.78 is 34.8. The van der Waals surface area contributed by atoms with Crippen molar-refractivity contribution in [3.63, 3.8) is 0 Å². The van der Waals surface area contributed by atoms with Gasteiger partial charge in [-0.05, 0) is 47.8 Å². The average Bonchev–Trinajstić information content (AvgIpc) is 3.69. The van der Waals surface area contributed by atoms with Crippen LogP contribution < -0.4 is 4.74 Å². The van der Waals surface area contributed by atoms with Crippen molar-refractivity contribution in [1.82, 2.24) is 19.6 Å². The van der Waals surface area contributed by atoms with Gasteiger partial charge in [-0.25, -0.2) is 13.9 Å². The van der Waals surface area contributed by atoms with E-state index in [1.165, 1.54) is 12.1 Å². The number of aromatic amines is 2. The highest BCUT2D eigenvalue weighted by atomic mass is 32.1. The van der Waals surface area contributed by atoms with E-state index < -0.39 is 11.6 Å². The van der Waals surface area contributed by atoms with Crippen molar-refractivity contribution in [2.24, 2.45) is 0 Å². The van der Waals surface area contributed by atoms with Crippen LogP contribution in [0.5, 0.6) is 11.5 Å². The number of rotatable bonds is 5. The molecule has 3 aromatic carbocycles. The van der Waals surface area contributed by atoms with Crippen molar-refractivity contribution >= 4 is 44.7 Å². The molecule has 0 bridgehead atoms. The molecule has 37 heavy (non-hydrogen) atoms. The largest absolute Gasteiger partial charge is 0.454 e. The van der Waals surface area contributed by atoms with Crippen molar-refractivity contribution in [2.45, 2.75) is 0 Å². The molecule has 4 heterocycles. The van der Waals surface area contributed by atoms with Gasteiger partial charge in [0.15, 0.2) is 17.2 Å². The van der Waals surface area contributed by atoms with Crippen LogP contribution in [0, 0.1) is 11.6 Å². The van der Waals surface area contributed by atoms with Gasteiger partial charge in [-0.3, -0.25) is 9.89 Å². The number of ether oxygens (including phenoxy) is 1. The molecule has 0 amide bonds. The lowest BCUT2D eigenvalue weighted by atomic mass is 10.1. The first-order valence-corrected chi connectivity index (χ1v) is 12.3. The molecule has 0 spiro atoms. The normalized spacial score (nSPS) is 11.6. The molecule has 0 aliphatic rings. The Morgan fingerprint density at radius 3 is 2.76 bits per heavy atom. The zero-order valence-corrected chi connectivity index (χ0v) is 19.8. The Balaban J connectivity index is 1.27. The summed E-state index contributed by atoms with van der Waals surface area (Å²) in [6.07, 6.45) is 1.63. The molecule has 180 valence electrons. The summed E-state index contributed by atoms with van der Waals surface area (Å²) in [6, 6.07) is 20.6. The zero-order valence-electron chi connectivity index (χ0n) is 19.0. The number of nitrogens with one attached hydrogen (secondary N) is 2. The summed E-state index contributed by atoms with van der Waals surface area (Å²) in [5, 5.41) is 6.08. The van der Waals surface area contributed by atoms with Crippen LogP contribution in [0.2, 0.25) is 0 Å². The predicted molar refractivity (Wildman–Crippen MR) is 139 cm³/mol. The molecule has 0 saturated carbocycles. The number of carbonyl (C=O) groups excluding carboxylic acids is 1. The molecule has 7 aromatic rings. The van der Waals surface area contributed by atoms with Gasteiger partial charge < -0.3 is 9.72 Å². The maximum absolute atomic E-state index is 14.0. The van der Waals surface area contributed by atoms with Gasteiger partial charge in [-0.2, -0.15) is 4.39 Å². The summed E-state index contributed by atoms with van der Waals surface area (Å²) >= 11 is 1.65. The quantitative estimate of drug-likeness (QED) is 0.238. The number of thiophene rings is 1. The fourth-order valence-corrected chi connectivity index (χ4v) is 5.32. The number of fused-ring (bicyclic) bond motifs is 4. The van der Waals surface area contributed by atoms with E-state index in [4.69, 9.17) is 4.74 Å². The maximum Gasteiger partial charge on any atom is 0.214 e. The highest BCUT2D eigenvalue weighted by Gasteiger charge is 2.21. The number of H-pyrrole nitrogens is 2. The summed E-state index contributed by atoms with van der Waals surface area (Å²) in [7, 11) is 0. The van der Waals surface area contributed by atoms with Gasteiger partial charge in [0.1, 0.15) is 5.75 Å². The molecule has 0 unspecified atom stereocenters. The smallest absolute Gasteiger partial charge is 0.214 e. The standard InChI is InChI=1S/C28H16F2N4O2S/c29-19-5-2-7-24(26(19)30)36-15-9-10-23-21(12-15)33-28-18(14-31-34(23)28)27(35)22-13-17-16(25-8-3-11-37-25)4-1-6-20(17)32-22/h1-14,31-32H. The van der Waals surface area contributed by atoms with E-state index in [-0.39, 0.29) is 11.5 Å². The molecule has 2 N–H and O–H groups in total. The second-order valence-corrected chi connectivity index (χ2v) is 9.47. The van der Waals surface area contributed by atoms with E-state index in [2.05, 4.69) is 21.1 Å². The lowest BCUT2D eigenvalue weighted by Crippen LogP contribution is -2.01. The van der Waals surface area contributed by atoms with Crippen LogP contribution in [-0.2, 0) is 0 Å². The number of benzene rings is 3. The molecule has 0 radical (unpaired) electrons. The number of nitrogens with zero attached hydrogens (tertiary/aromatic N) is 2. The van der Waals surface area contributed by atoms with Crippen LogP contribution in [0.1, 0.15) is 16.1 Å². The van der Waals surface area contributed by atoms with Crippen LogP contribution in [0.4, 0.5) is 8.78 Å². The van der Waals surface area contributed by atoms with Crippen molar-refractivity contribution in [1.29, 1.82) is 0 Å². The fraction of sp³-hybridized carbons (Fsp3) is 0. The first-order valence-electron chi connectivity index (χ1n) is 11.4. The third kappa shape index (κ3) is 3.43. The van der Waals surface area contributed by atoms with Gasteiger partial charge in [0, 0.05) is 33.6 Å². The Morgan fingerprint density at radius 2 is 1.89 bits per heavy atom. The van der Waals surface area contributed by atoms with E-state index in [0.717, 1.165) is 27.4 Å². The first-order chi connectivity index (χ1) is 18.1. The van der Waals surface area contributed by atoms with Crippen LogP contribution >= 0.6 is 11.3 Å². The molecular weight excluding hydrogens is 494 g/mol. The fourth-order valence-electron chi connectivity index (χ4n) is 4.55. The molecule has 0 aliphatic heterocycles. The van der Waals surface area contributed by atoms with Gasteiger partial charge in [0.25, 0.3) is 0 Å². The van der Waals surface area contributed by atoms with Gasteiger partial charge in [-0.15, -0.1) is 11.3 Å². The second-order valence-electron chi connectivity index (χ2n) is 8.52. The third-order valence-electron chi connectivity index (χ3n) is 6.29. The second kappa shape index (κ2) is 8.14. The van der Waals surface area contributed by atoms with E-state index in [9.17, 15) is 13.6 Å². The van der Waals surface area contributed by atoms with Crippen molar-refractivity contribution in [3.05, 3.63) is 107 Å². The predicted octanol–water partition coefficient (Wildman–Crippen LogP) is 7.33. The summed E-state index contributed by atoms with van der Waals surface area (Å²) in [5.74, 6) is -2.18. The third-order valence-corrected chi connectivity index (χ3v) is 7.19. The van der Waals surface area contributed by atoms with Gasteiger partial charge in [-0.1, -0.05) is 24.3 Å². The molecular formula is C28H16F2N4O2S. The van der Waals surface area contributed by atoms with E-state index in [0.29, 0.717) is 33.7 Å². The highest BCUT2D eigenvalue weighted by molar-refractivity contribution is 7.13. The number of carbonyl (C=O) groups is 1. The van der Waals surface area contributed by atoms with Crippen molar-refractivity contribution in [2.75, 3.05) is 0 Å². The summed E-state index contributed by atoms with van der Waals surface area (Å²) in [6.45, 7) is 0. The Morgan fingerprint density at radius 1 is 1.00 bits per heavy atom. The topological polar surface area (TPSA) is 75.2 Å². The monoisotopic (exact) mass is 510 g/mol. The molecule has 0 saturated heterocycles. The Hall–Kier alpha value is -4.76. The molecule has 0 aliphatic carbocycles. The molecule has 0 fully saturated rings. The Kier molecular flexibility index (Phi) is 4.73. The maximum atomic E-state index is 14.0. The lowest BCUT2D eigenvalue weighted by molar-refractivity contribution is 0.103. The Labute approximate surface area is 211 Å². The molecule has 9 heteroatoms. The molecule has 7 rings (SSSR count). The van der Waals surface area contributed by atoms with Crippen LogP contribution in [0.3, 0.4) is 0 Å². The van der Waals surface area contributed by atoms with Gasteiger partial charge in [0.2, 0.25) is 11.6 Å². The average molecular weight is 511 g/mol. The summed E-state index contributed by atoms with van der Waals surface area (Å²) in [4.78, 5) is 22.5. The molecule has 6 nitrogen and oxygen atoms in total.